The van der Waals surface area contributed by atoms with Crippen LogP contribution in [0.2, 0.25) is 0 Å². The van der Waals surface area contributed by atoms with Gasteiger partial charge in [-0.1, -0.05) is 27.2 Å². The first-order chi connectivity index (χ1) is 9.34. The topological polar surface area (TPSA) is 78.4 Å². The van der Waals surface area contributed by atoms with Crippen molar-refractivity contribution in [2.45, 2.75) is 59.4 Å². The second kappa shape index (κ2) is 6.95. The van der Waals surface area contributed by atoms with Crippen LogP contribution in [0, 0.1) is 17.3 Å². The number of hydrogen-bond acceptors (Lipinski definition) is 2. The summed E-state index contributed by atoms with van der Waals surface area (Å²) in [7, 11) is 0. The summed E-state index contributed by atoms with van der Waals surface area (Å²) in [6, 6.07) is -0.0443. The van der Waals surface area contributed by atoms with Gasteiger partial charge in [-0.25, -0.2) is 4.79 Å². The summed E-state index contributed by atoms with van der Waals surface area (Å²) in [4.78, 5) is 23.1. The molecular weight excluding hydrogens is 256 g/mol. The van der Waals surface area contributed by atoms with Gasteiger partial charge in [-0.3, -0.25) is 4.79 Å². The van der Waals surface area contributed by atoms with E-state index >= 15 is 0 Å². The fraction of sp³-hybridized carbons (Fsp3) is 0.867. The molecule has 4 unspecified atom stereocenters. The molecule has 0 aromatic rings. The number of nitrogens with one attached hydrogen (secondary N) is 2. The Labute approximate surface area is 121 Å². The predicted molar refractivity (Wildman–Crippen MR) is 78.5 cm³/mol. The number of carboxylic acid groups (broad SMARTS) is 1. The molecule has 0 bridgehead atoms. The van der Waals surface area contributed by atoms with E-state index in [-0.39, 0.29) is 18.6 Å². The summed E-state index contributed by atoms with van der Waals surface area (Å²) in [5.41, 5.74) is -0.898. The number of aliphatic carboxylic acids is 1. The normalized spacial score (nSPS) is 28.7. The number of hydrogen-bond donors (Lipinski definition) is 3. The van der Waals surface area contributed by atoms with Crippen LogP contribution in [-0.4, -0.2) is 29.7 Å². The van der Waals surface area contributed by atoms with Crippen molar-refractivity contribution in [3.63, 3.8) is 0 Å². The molecule has 2 amide bonds. The lowest BCUT2D eigenvalue weighted by molar-refractivity contribution is -0.147. The Morgan fingerprint density at radius 1 is 1.30 bits per heavy atom. The number of urea groups is 1. The Hall–Kier alpha value is -1.26. The summed E-state index contributed by atoms with van der Waals surface area (Å²) >= 11 is 0. The van der Waals surface area contributed by atoms with Gasteiger partial charge in [-0.05, 0) is 38.0 Å². The van der Waals surface area contributed by atoms with Crippen LogP contribution in [-0.2, 0) is 4.79 Å². The maximum absolute atomic E-state index is 11.9. The summed E-state index contributed by atoms with van der Waals surface area (Å²) < 4.78 is 0. The van der Waals surface area contributed by atoms with Crippen molar-refractivity contribution in [2.75, 3.05) is 6.54 Å². The number of carboxylic acids is 1. The van der Waals surface area contributed by atoms with E-state index in [1.165, 1.54) is 0 Å². The second-order valence-electron chi connectivity index (χ2n) is 6.26. The molecule has 0 heterocycles. The zero-order chi connectivity index (χ0) is 15.3. The first-order valence-corrected chi connectivity index (χ1v) is 7.61. The van der Waals surface area contributed by atoms with Gasteiger partial charge in [0.15, 0.2) is 0 Å². The molecule has 5 nitrogen and oxygen atoms in total. The first kappa shape index (κ1) is 16.8. The standard InChI is InChI=1S/C15H28N2O3/c1-5-11-7-8-12(10(11)3)17-14(20)16-9-15(4,6-2)13(18)19/h10-12H,5-9H2,1-4H3,(H,18,19)(H2,16,17,20). The van der Waals surface area contributed by atoms with E-state index in [2.05, 4.69) is 24.5 Å². The van der Waals surface area contributed by atoms with E-state index in [0.29, 0.717) is 18.3 Å². The molecule has 4 atom stereocenters. The molecule has 0 aromatic carbocycles. The fourth-order valence-corrected chi connectivity index (χ4v) is 2.87. The quantitative estimate of drug-likeness (QED) is 0.701. The molecule has 3 N–H and O–H groups in total. The molecule has 0 aliphatic heterocycles. The van der Waals surface area contributed by atoms with Crippen LogP contribution >= 0.6 is 0 Å². The lowest BCUT2D eigenvalue weighted by Crippen LogP contribution is -2.48. The van der Waals surface area contributed by atoms with Gasteiger partial charge in [0, 0.05) is 12.6 Å². The van der Waals surface area contributed by atoms with E-state index in [1.54, 1.807) is 6.92 Å². The van der Waals surface area contributed by atoms with Crippen LogP contribution in [0.4, 0.5) is 4.79 Å². The molecule has 1 aliphatic rings. The molecular formula is C15H28N2O3. The van der Waals surface area contributed by atoms with Crippen LogP contribution in [0.1, 0.15) is 53.4 Å². The van der Waals surface area contributed by atoms with Crippen molar-refractivity contribution in [1.29, 1.82) is 0 Å². The van der Waals surface area contributed by atoms with E-state index < -0.39 is 11.4 Å². The average molecular weight is 284 g/mol. The predicted octanol–water partition coefficient (Wildman–Crippen LogP) is 2.61. The third kappa shape index (κ3) is 3.87. The summed E-state index contributed by atoms with van der Waals surface area (Å²) in [6.45, 7) is 7.99. The highest BCUT2D eigenvalue weighted by Gasteiger charge is 2.34. The molecule has 1 saturated carbocycles. The molecule has 0 saturated heterocycles. The Bertz CT molecular complexity index is 359. The van der Waals surface area contributed by atoms with E-state index in [9.17, 15) is 9.59 Å². The van der Waals surface area contributed by atoms with Gasteiger partial charge in [0.2, 0.25) is 0 Å². The van der Waals surface area contributed by atoms with Gasteiger partial charge in [-0.15, -0.1) is 0 Å². The molecule has 116 valence electrons. The second-order valence-corrected chi connectivity index (χ2v) is 6.26. The van der Waals surface area contributed by atoms with Gasteiger partial charge < -0.3 is 15.7 Å². The third-order valence-corrected chi connectivity index (χ3v) is 5.00. The largest absolute Gasteiger partial charge is 0.481 e. The van der Waals surface area contributed by atoms with E-state index in [1.807, 2.05) is 6.92 Å². The molecule has 0 aromatic heterocycles. The van der Waals surface area contributed by atoms with Crippen LogP contribution < -0.4 is 10.6 Å². The van der Waals surface area contributed by atoms with Crippen LogP contribution in [0.15, 0.2) is 0 Å². The number of carbonyl (C=O) groups excluding carboxylic acids is 1. The van der Waals surface area contributed by atoms with Crippen LogP contribution in [0.5, 0.6) is 0 Å². The zero-order valence-electron chi connectivity index (χ0n) is 13.0. The molecule has 0 spiro atoms. The highest BCUT2D eigenvalue weighted by molar-refractivity contribution is 5.78. The van der Waals surface area contributed by atoms with Gasteiger partial charge in [0.25, 0.3) is 0 Å². The van der Waals surface area contributed by atoms with Gasteiger partial charge >= 0.3 is 12.0 Å². The van der Waals surface area contributed by atoms with E-state index in [0.717, 1.165) is 19.3 Å². The van der Waals surface area contributed by atoms with Crippen LogP contribution in [0.3, 0.4) is 0 Å². The Balaban J connectivity index is 2.43. The summed E-state index contributed by atoms with van der Waals surface area (Å²) in [5.74, 6) is 0.295. The van der Waals surface area contributed by atoms with E-state index in [4.69, 9.17) is 5.11 Å². The minimum absolute atomic E-state index is 0.156. The summed E-state index contributed by atoms with van der Waals surface area (Å²) in [6.07, 6.45) is 3.80. The Morgan fingerprint density at radius 3 is 2.40 bits per heavy atom. The van der Waals surface area contributed by atoms with Crippen molar-refractivity contribution >= 4 is 12.0 Å². The third-order valence-electron chi connectivity index (χ3n) is 5.00. The maximum Gasteiger partial charge on any atom is 0.315 e. The smallest absolute Gasteiger partial charge is 0.315 e. The number of amides is 2. The molecule has 20 heavy (non-hydrogen) atoms. The zero-order valence-corrected chi connectivity index (χ0v) is 13.0. The lowest BCUT2D eigenvalue weighted by Gasteiger charge is -2.25. The fourth-order valence-electron chi connectivity index (χ4n) is 2.87. The van der Waals surface area contributed by atoms with Crippen molar-refractivity contribution in [3.8, 4) is 0 Å². The first-order valence-electron chi connectivity index (χ1n) is 7.61. The van der Waals surface area contributed by atoms with Crippen molar-refractivity contribution < 1.29 is 14.7 Å². The van der Waals surface area contributed by atoms with Crippen molar-refractivity contribution in [1.82, 2.24) is 10.6 Å². The minimum atomic E-state index is -0.898. The van der Waals surface area contributed by atoms with Crippen LogP contribution in [0.25, 0.3) is 0 Å². The molecule has 1 aliphatic carbocycles. The molecule has 0 radical (unpaired) electrons. The van der Waals surface area contributed by atoms with Crippen molar-refractivity contribution in [3.05, 3.63) is 0 Å². The van der Waals surface area contributed by atoms with Gasteiger partial charge in [0.1, 0.15) is 0 Å². The minimum Gasteiger partial charge on any atom is -0.481 e. The molecule has 1 rings (SSSR count). The highest BCUT2D eigenvalue weighted by Crippen LogP contribution is 2.33. The Morgan fingerprint density at radius 2 is 1.95 bits per heavy atom. The van der Waals surface area contributed by atoms with Gasteiger partial charge in [-0.2, -0.15) is 0 Å². The molecule has 5 heteroatoms. The average Bonchev–Trinajstić information content (AvgIpc) is 2.76. The monoisotopic (exact) mass is 284 g/mol. The summed E-state index contributed by atoms with van der Waals surface area (Å²) in [5, 5.41) is 14.9. The van der Waals surface area contributed by atoms with Gasteiger partial charge in [0.05, 0.1) is 5.41 Å². The maximum atomic E-state index is 11.9. The molecule has 1 fully saturated rings. The lowest BCUT2D eigenvalue weighted by atomic mass is 9.88. The highest BCUT2D eigenvalue weighted by atomic mass is 16.4. The Kier molecular flexibility index (Phi) is 5.84. The number of carbonyl (C=O) groups is 2. The van der Waals surface area contributed by atoms with Crippen molar-refractivity contribution in [2.24, 2.45) is 17.3 Å². The number of rotatable bonds is 6. The SMILES string of the molecule is CCC1CCC(NC(=O)NCC(C)(CC)C(=O)O)C1C.